The van der Waals surface area contributed by atoms with Crippen LogP contribution in [0.1, 0.15) is 22.8 Å². The molecule has 0 radical (unpaired) electrons. The molecule has 0 bridgehead atoms. The zero-order valence-electron chi connectivity index (χ0n) is 12.0. The number of benzene rings is 2. The zero-order valence-corrected chi connectivity index (χ0v) is 12.0. The molecule has 1 aliphatic heterocycles. The molecular formula is C17H15NO4. The second-order valence-electron chi connectivity index (χ2n) is 5.16. The van der Waals surface area contributed by atoms with Gasteiger partial charge in [0.25, 0.3) is 5.91 Å². The molecule has 1 unspecified atom stereocenters. The SMILES string of the molecule is CC1Oc2ccc(C(=O)O)cc2N(Cc2ccccc2)C1=O. The van der Waals surface area contributed by atoms with Crippen molar-refractivity contribution in [1.82, 2.24) is 0 Å². The molecule has 2 aromatic rings. The van der Waals surface area contributed by atoms with E-state index in [1.54, 1.807) is 17.9 Å². The lowest BCUT2D eigenvalue weighted by Gasteiger charge is -2.33. The molecule has 2 aromatic carbocycles. The van der Waals surface area contributed by atoms with E-state index in [2.05, 4.69) is 0 Å². The lowest BCUT2D eigenvalue weighted by molar-refractivity contribution is -0.125. The van der Waals surface area contributed by atoms with E-state index in [1.807, 2.05) is 30.3 Å². The number of aromatic carboxylic acids is 1. The maximum atomic E-state index is 12.4. The number of carboxylic acids is 1. The summed E-state index contributed by atoms with van der Waals surface area (Å²) in [5.74, 6) is -0.694. The molecule has 0 fully saturated rings. The number of nitrogens with zero attached hydrogens (tertiary/aromatic N) is 1. The number of ether oxygens (including phenoxy) is 1. The van der Waals surface area contributed by atoms with Crippen LogP contribution in [0, 0.1) is 0 Å². The molecule has 5 nitrogen and oxygen atoms in total. The van der Waals surface area contributed by atoms with Crippen molar-refractivity contribution in [3.05, 3.63) is 59.7 Å². The summed E-state index contributed by atoms with van der Waals surface area (Å²) >= 11 is 0. The molecule has 0 spiro atoms. The van der Waals surface area contributed by atoms with E-state index in [-0.39, 0.29) is 11.5 Å². The summed E-state index contributed by atoms with van der Waals surface area (Å²) in [6.07, 6.45) is -0.591. The Bertz CT molecular complexity index is 727. The molecule has 112 valence electrons. The molecule has 0 aliphatic carbocycles. The van der Waals surface area contributed by atoms with Crippen molar-refractivity contribution in [2.75, 3.05) is 4.90 Å². The van der Waals surface area contributed by atoms with Gasteiger partial charge >= 0.3 is 5.97 Å². The summed E-state index contributed by atoms with van der Waals surface area (Å²) in [5.41, 5.74) is 1.59. The third-order valence-corrected chi connectivity index (χ3v) is 3.60. The first kappa shape index (κ1) is 14.1. The van der Waals surface area contributed by atoms with E-state index in [1.165, 1.54) is 12.1 Å². The molecule has 5 heteroatoms. The number of hydrogen-bond acceptors (Lipinski definition) is 3. The maximum absolute atomic E-state index is 12.4. The Labute approximate surface area is 127 Å². The third-order valence-electron chi connectivity index (χ3n) is 3.60. The predicted molar refractivity (Wildman–Crippen MR) is 81.1 cm³/mol. The lowest BCUT2D eigenvalue weighted by atomic mass is 10.1. The Hall–Kier alpha value is -2.82. The van der Waals surface area contributed by atoms with Gasteiger partial charge in [0.05, 0.1) is 17.8 Å². The minimum Gasteiger partial charge on any atom is -0.479 e. The average molecular weight is 297 g/mol. The highest BCUT2D eigenvalue weighted by molar-refractivity contribution is 6.01. The summed E-state index contributed by atoms with van der Waals surface area (Å²) in [6.45, 7) is 2.07. The minimum absolute atomic E-state index is 0.128. The third kappa shape index (κ3) is 2.53. The van der Waals surface area contributed by atoms with Crippen LogP contribution in [-0.4, -0.2) is 23.1 Å². The van der Waals surface area contributed by atoms with Crippen LogP contribution < -0.4 is 9.64 Å². The van der Waals surface area contributed by atoms with E-state index in [4.69, 9.17) is 9.84 Å². The topological polar surface area (TPSA) is 66.8 Å². The van der Waals surface area contributed by atoms with Gasteiger partial charge in [0, 0.05) is 0 Å². The van der Waals surface area contributed by atoms with Crippen LogP contribution in [0.25, 0.3) is 0 Å². The van der Waals surface area contributed by atoms with Gasteiger partial charge in [-0.1, -0.05) is 30.3 Å². The quantitative estimate of drug-likeness (QED) is 0.946. The lowest BCUT2D eigenvalue weighted by Crippen LogP contribution is -2.44. The summed E-state index contributed by atoms with van der Waals surface area (Å²) in [7, 11) is 0. The van der Waals surface area contributed by atoms with Crippen LogP contribution in [0.2, 0.25) is 0 Å². The van der Waals surface area contributed by atoms with Gasteiger partial charge in [-0.2, -0.15) is 0 Å². The number of anilines is 1. The fourth-order valence-corrected chi connectivity index (χ4v) is 2.47. The molecule has 1 atom stereocenters. The molecule has 0 saturated heterocycles. The largest absolute Gasteiger partial charge is 0.479 e. The zero-order chi connectivity index (χ0) is 15.7. The fraction of sp³-hybridized carbons (Fsp3) is 0.176. The first-order valence-corrected chi connectivity index (χ1v) is 6.95. The summed E-state index contributed by atoms with van der Waals surface area (Å²) < 4.78 is 5.56. The van der Waals surface area contributed by atoms with Crippen LogP contribution in [-0.2, 0) is 11.3 Å². The Balaban J connectivity index is 2.03. The predicted octanol–water partition coefficient (Wildman–Crippen LogP) is 2.70. The van der Waals surface area contributed by atoms with Crippen molar-refractivity contribution in [2.24, 2.45) is 0 Å². The van der Waals surface area contributed by atoms with Gasteiger partial charge in [-0.15, -0.1) is 0 Å². The molecule has 22 heavy (non-hydrogen) atoms. The van der Waals surface area contributed by atoms with E-state index in [0.29, 0.717) is 18.0 Å². The Morgan fingerprint density at radius 3 is 2.64 bits per heavy atom. The maximum Gasteiger partial charge on any atom is 0.335 e. The number of rotatable bonds is 3. The van der Waals surface area contributed by atoms with Gasteiger partial charge in [0.15, 0.2) is 6.10 Å². The summed E-state index contributed by atoms with van der Waals surface area (Å²) in [4.78, 5) is 25.2. The van der Waals surface area contributed by atoms with Gasteiger partial charge in [0.1, 0.15) is 5.75 Å². The number of carbonyl (C=O) groups is 2. The molecule has 1 heterocycles. The number of carboxylic acid groups (broad SMARTS) is 1. The van der Waals surface area contributed by atoms with E-state index in [0.717, 1.165) is 5.56 Å². The van der Waals surface area contributed by atoms with Crippen molar-refractivity contribution >= 4 is 17.6 Å². The van der Waals surface area contributed by atoms with Crippen molar-refractivity contribution in [3.63, 3.8) is 0 Å². The smallest absolute Gasteiger partial charge is 0.335 e. The molecule has 1 N–H and O–H groups in total. The minimum atomic E-state index is -1.03. The summed E-state index contributed by atoms with van der Waals surface area (Å²) in [6, 6.07) is 14.1. The molecular weight excluding hydrogens is 282 g/mol. The fourth-order valence-electron chi connectivity index (χ4n) is 2.47. The molecule has 1 aliphatic rings. The second kappa shape index (κ2) is 5.52. The van der Waals surface area contributed by atoms with Crippen molar-refractivity contribution in [1.29, 1.82) is 0 Å². The van der Waals surface area contributed by atoms with Crippen LogP contribution in [0.4, 0.5) is 5.69 Å². The van der Waals surface area contributed by atoms with Gasteiger partial charge in [-0.05, 0) is 30.7 Å². The number of amides is 1. The Morgan fingerprint density at radius 2 is 1.95 bits per heavy atom. The Kier molecular flexibility index (Phi) is 3.55. The molecule has 1 amide bonds. The molecule has 0 aromatic heterocycles. The molecule has 3 rings (SSSR count). The normalized spacial score (nSPS) is 16.9. The van der Waals surface area contributed by atoms with E-state index < -0.39 is 12.1 Å². The highest BCUT2D eigenvalue weighted by atomic mass is 16.5. The Morgan fingerprint density at radius 1 is 1.23 bits per heavy atom. The number of carbonyl (C=O) groups excluding carboxylic acids is 1. The monoisotopic (exact) mass is 297 g/mol. The number of fused-ring (bicyclic) bond motifs is 1. The van der Waals surface area contributed by atoms with Crippen molar-refractivity contribution < 1.29 is 19.4 Å². The van der Waals surface area contributed by atoms with Crippen molar-refractivity contribution in [3.8, 4) is 5.75 Å². The van der Waals surface area contributed by atoms with Gasteiger partial charge in [0.2, 0.25) is 0 Å². The second-order valence-corrected chi connectivity index (χ2v) is 5.16. The summed E-state index contributed by atoms with van der Waals surface area (Å²) in [5, 5.41) is 9.14. The van der Waals surface area contributed by atoms with Crippen LogP contribution in [0.5, 0.6) is 5.75 Å². The van der Waals surface area contributed by atoms with Crippen molar-refractivity contribution in [2.45, 2.75) is 19.6 Å². The standard InChI is InChI=1S/C17H15NO4/c1-11-16(19)18(10-12-5-3-2-4-6-12)14-9-13(17(20)21)7-8-15(14)22-11/h2-9,11H,10H2,1H3,(H,20,21). The first-order valence-electron chi connectivity index (χ1n) is 6.95. The highest BCUT2D eigenvalue weighted by Gasteiger charge is 2.32. The van der Waals surface area contributed by atoms with Crippen LogP contribution in [0.3, 0.4) is 0 Å². The van der Waals surface area contributed by atoms with E-state index in [9.17, 15) is 9.59 Å². The van der Waals surface area contributed by atoms with Gasteiger partial charge < -0.3 is 14.7 Å². The number of hydrogen-bond donors (Lipinski definition) is 1. The van der Waals surface area contributed by atoms with Crippen LogP contribution in [0.15, 0.2) is 48.5 Å². The van der Waals surface area contributed by atoms with Crippen LogP contribution >= 0.6 is 0 Å². The van der Waals surface area contributed by atoms with Gasteiger partial charge in [-0.25, -0.2) is 4.79 Å². The van der Waals surface area contributed by atoms with E-state index >= 15 is 0 Å². The first-order chi connectivity index (χ1) is 10.6. The van der Waals surface area contributed by atoms with Gasteiger partial charge in [-0.3, -0.25) is 4.79 Å². The average Bonchev–Trinajstić information content (AvgIpc) is 2.52. The molecule has 0 saturated carbocycles. The highest BCUT2D eigenvalue weighted by Crippen LogP contribution is 2.35.